The van der Waals surface area contributed by atoms with Crippen LogP contribution in [0.3, 0.4) is 0 Å². The molecule has 0 radical (unpaired) electrons. The van der Waals surface area contributed by atoms with Gasteiger partial charge in [-0.25, -0.2) is 4.98 Å². The van der Waals surface area contributed by atoms with Crippen molar-refractivity contribution in [1.29, 1.82) is 0 Å². The molecule has 1 heterocycles. The molecule has 0 aliphatic rings. The minimum absolute atomic E-state index is 0.171. The van der Waals surface area contributed by atoms with E-state index in [0.29, 0.717) is 5.75 Å². The fourth-order valence-corrected chi connectivity index (χ4v) is 4.02. The van der Waals surface area contributed by atoms with Crippen LogP contribution < -0.4 is 0 Å². The van der Waals surface area contributed by atoms with Crippen LogP contribution >= 0.6 is 0 Å². The first-order valence-electron chi connectivity index (χ1n) is 11.4. The Morgan fingerprint density at radius 1 is 0.848 bits per heavy atom. The fourth-order valence-electron chi connectivity index (χ4n) is 4.02. The van der Waals surface area contributed by atoms with Crippen LogP contribution in [0.5, 0.6) is 5.75 Å². The first kappa shape index (κ1) is 22.8. The van der Waals surface area contributed by atoms with Gasteiger partial charge in [0.15, 0.2) is 0 Å². The van der Waals surface area contributed by atoms with Crippen molar-refractivity contribution in [2.75, 3.05) is 0 Å². The number of aromatic nitrogens is 2. The summed E-state index contributed by atoms with van der Waals surface area (Å²) in [6, 6.07) is 18.6. The topological polar surface area (TPSA) is 50.4 Å². The average molecular weight is 440 g/mol. The van der Waals surface area contributed by atoms with Crippen LogP contribution in [0.4, 0.5) is 5.69 Å². The molecule has 0 saturated carbocycles. The highest BCUT2D eigenvalue weighted by atomic mass is 16.3. The van der Waals surface area contributed by atoms with Crippen LogP contribution in [-0.2, 0) is 10.8 Å². The number of aliphatic imine (C=N–C) groups is 1. The summed E-state index contributed by atoms with van der Waals surface area (Å²) in [5, 5.41) is 10.9. The molecule has 0 aliphatic heterocycles. The number of hydrogen-bond donors (Lipinski definition) is 1. The van der Waals surface area contributed by atoms with Crippen LogP contribution in [0.25, 0.3) is 16.7 Å². The van der Waals surface area contributed by atoms with Gasteiger partial charge in [-0.2, -0.15) is 0 Å². The van der Waals surface area contributed by atoms with E-state index in [1.807, 2.05) is 36.8 Å². The minimum Gasteiger partial charge on any atom is -0.507 e. The van der Waals surface area contributed by atoms with Gasteiger partial charge < -0.3 is 5.11 Å². The zero-order chi connectivity index (χ0) is 24.0. The Morgan fingerprint density at radius 3 is 2.03 bits per heavy atom. The van der Waals surface area contributed by atoms with Gasteiger partial charge in [0.25, 0.3) is 0 Å². The van der Waals surface area contributed by atoms with Crippen molar-refractivity contribution < 1.29 is 5.11 Å². The summed E-state index contributed by atoms with van der Waals surface area (Å²) in [5.74, 6) is 0.384. The van der Waals surface area contributed by atoms with Crippen molar-refractivity contribution in [2.24, 2.45) is 4.99 Å². The molecule has 1 aromatic heterocycles. The van der Waals surface area contributed by atoms with Crippen LogP contribution in [-0.4, -0.2) is 20.9 Å². The number of aromatic hydroxyl groups is 1. The Bertz CT molecular complexity index is 1300. The number of aryl methyl sites for hydroxylation is 1. The summed E-state index contributed by atoms with van der Waals surface area (Å²) in [6.07, 6.45) is 3.73. The standard InChI is InChI=1S/C29H33N3O/c1-19-8-11-22(12-9-19)32-18-31-25-16-21(10-13-26(25)32)30-17-20-14-23(28(2,3)4)27(33)24(15-20)29(5,6)7/h8-18,33H,1-7H3. The van der Waals surface area contributed by atoms with Crippen LogP contribution in [0.2, 0.25) is 0 Å². The highest BCUT2D eigenvalue weighted by Gasteiger charge is 2.26. The van der Waals surface area contributed by atoms with Gasteiger partial charge >= 0.3 is 0 Å². The van der Waals surface area contributed by atoms with Crippen LogP contribution in [0.15, 0.2) is 65.9 Å². The van der Waals surface area contributed by atoms with Crippen molar-refractivity contribution in [1.82, 2.24) is 9.55 Å². The van der Waals surface area contributed by atoms with E-state index in [0.717, 1.165) is 39.1 Å². The number of rotatable bonds is 3. The predicted molar refractivity (Wildman–Crippen MR) is 139 cm³/mol. The van der Waals surface area contributed by atoms with Gasteiger partial charge in [0.05, 0.1) is 16.7 Å². The average Bonchev–Trinajstić information content (AvgIpc) is 3.15. The molecule has 0 unspecified atom stereocenters. The largest absolute Gasteiger partial charge is 0.507 e. The maximum absolute atomic E-state index is 10.9. The summed E-state index contributed by atoms with van der Waals surface area (Å²) < 4.78 is 2.09. The van der Waals surface area contributed by atoms with E-state index in [1.54, 1.807) is 0 Å². The van der Waals surface area contributed by atoms with Crippen molar-refractivity contribution >= 4 is 22.9 Å². The molecule has 3 aromatic carbocycles. The maximum Gasteiger partial charge on any atom is 0.123 e. The zero-order valence-electron chi connectivity index (χ0n) is 20.6. The van der Waals surface area contributed by atoms with Crippen molar-refractivity contribution in [2.45, 2.75) is 59.3 Å². The fraction of sp³-hybridized carbons (Fsp3) is 0.310. The van der Waals surface area contributed by atoms with E-state index in [9.17, 15) is 5.11 Å². The molecule has 33 heavy (non-hydrogen) atoms. The Labute approximate surface area is 196 Å². The molecule has 4 heteroatoms. The van der Waals surface area contributed by atoms with E-state index in [4.69, 9.17) is 4.99 Å². The smallest absolute Gasteiger partial charge is 0.123 e. The number of hydrogen-bond acceptors (Lipinski definition) is 3. The molecule has 0 aliphatic carbocycles. The summed E-state index contributed by atoms with van der Waals surface area (Å²) in [7, 11) is 0. The van der Waals surface area contributed by atoms with Gasteiger partial charge in [-0.05, 0) is 65.8 Å². The van der Waals surface area contributed by atoms with E-state index in [2.05, 4.69) is 88.3 Å². The zero-order valence-corrected chi connectivity index (χ0v) is 20.6. The van der Waals surface area contributed by atoms with Crippen LogP contribution in [0.1, 0.15) is 63.8 Å². The van der Waals surface area contributed by atoms with E-state index < -0.39 is 0 Å². The lowest BCUT2D eigenvalue weighted by molar-refractivity contribution is 0.423. The quantitative estimate of drug-likeness (QED) is 0.338. The van der Waals surface area contributed by atoms with Gasteiger partial charge in [-0.3, -0.25) is 9.56 Å². The SMILES string of the molecule is Cc1ccc(-n2cnc3cc(N=Cc4cc(C(C)(C)C)c(O)c(C(C)(C)C)c4)ccc32)cc1. The highest BCUT2D eigenvalue weighted by molar-refractivity contribution is 5.86. The van der Waals surface area contributed by atoms with E-state index >= 15 is 0 Å². The normalized spacial score (nSPS) is 12.7. The molecule has 4 nitrogen and oxygen atoms in total. The predicted octanol–water partition coefficient (Wildman–Crippen LogP) is 7.39. The van der Waals surface area contributed by atoms with Gasteiger partial charge in [0.1, 0.15) is 12.1 Å². The molecule has 0 saturated heterocycles. The summed E-state index contributed by atoms with van der Waals surface area (Å²) >= 11 is 0. The molecule has 0 atom stereocenters. The molecule has 1 N–H and O–H groups in total. The molecule has 170 valence electrons. The van der Waals surface area contributed by atoms with Gasteiger partial charge in [0, 0.05) is 23.0 Å². The Kier molecular flexibility index (Phi) is 5.65. The minimum atomic E-state index is -0.171. The Morgan fingerprint density at radius 2 is 1.45 bits per heavy atom. The van der Waals surface area contributed by atoms with Gasteiger partial charge in [-0.1, -0.05) is 59.2 Å². The van der Waals surface area contributed by atoms with Gasteiger partial charge in [0.2, 0.25) is 0 Å². The number of benzene rings is 3. The summed E-state index contributed by atoms with van der Waals surface area (Å²) in [5.41, 5.74) is 7.63. The van der Waals surface area contributed by atoms with Crippen LogP contribution in [0, 0.1) is 6.92 Å². The molecule has 0 amide bonds. The summed E-state index contributed by atoms with van der Waals surface area (Å²) in [4.78, 5) is 9.33. The third-order valence-corrected chi connectivity index (χ3v) is 5.95. The van der Waals surface area contributed by atoms with Crippen molar-refractivity contribution in [3.05, 3.63) is 83.2 Å². The lowest BCUT2D eigenvalue weighted by atomic mass is 9.78. The Hall–Kier alpha value is -3.40. The lowest BCUT2D eigenvalue weighted by Crippen LogP contribution is -2.17. The molecular weight excluding hydrogens is 406 g/mol. The third kappa shape index (κ3) is 4.70. The van der Waals surface area contributed by atoms with E-state index in [1.165, 1.54) is 5.56 Å². The highest BCUT2D eigenvalue weighted by Crippen LogP contribution is 2.39. The number of phenolic OH excluding ortho intramolecular Hbond substituents is 1. The molecule has 0 spiro atoms. The molecule has 4 rings (SSSR count). The molecular formula is C29H33N3O. The number of phenols is 1. The molecule has 0 bridgehead atoms. The van der Waals surface area contributed by atoms with Gasteiger partial charge in [-0.15, -0.1) is 0 Å². The second-order valence-corrected chi connectivity index (χ2v) is 10.8. The number of nitrogens with zero attached hydrogens (tertiary/aromatic N) is 3. The maximum atomic E-state index is 10.9. The molecule has 0 fully saturated rings. The monoisotopic (exact) mass is 439 g/mol. The van der Waals surface area contributed by atoms with E-state index in [-0.39, 0.29) is 10.8 Å². The number of imidazole rings is 1. The Balaban J connectivity index is 1.70. The molecule has 4 aromatic rings. The first-order valence-corrected chi connectivity index (χ1v) is 11.4. The number of fused-ring (bicyclic) bond motifs is 1. The summed E-state index contributed by atoms with van der Waals surface area (Å²) in [6.45, 7) is 14.8. The van der Waals surface area contributed by atoms with Crippen molar-refractivity contribution in [3.8, 4) is 11.4 Å². The lowest BCUT2D eigenvalue weighted by Gasteiger charge is -2.27. The first-order chi connectivity index (χ1) is 15.4. The van der Waals surface area contributed by atoms with Crippen molar-refractivity contribution in [3.63, 3.8) is 0 Å². The second kappa shape index (κ2) is 8.18. The second-order valence-electron chi connectivity index (χ2n) is 10.8. The third-order valence-electron chi connectivity index (χ3n) is 5.95.